The SMILES string of the molecule is CCC(CCCOCC(C)C)(NC)C(=O)O. The van der Waals surface area contributed by atoms with Gasteiger partial charge in [0.25, 0.3) is 0 Å². The molecule has 0 aromatic heterocycles. The molecule has 1 unspecified atom stereocenters. The topological polar surface area (TPSA) is 58.6 Å². The van der Waals surface area contributed by atoms with E-state index >= 15 is 0 Å². The summed E-state index contributed by atoms with van der Waals surface area (Å²) >= 11 is 0. The highest BCUT2D eigenvalue weighted by Gasteiger charge is 2.33. The molecule has 0 aliphatic carbocycles. The van der Waals surface area contributed by atoms with Crippen LogP contribution in [0.2, 0.25) is 0 Å². The van der Waals surface area contributed by atoms with Crippen molar-refractivity contribution in [3.63, 3.8) is 0 Å². The lowest BCUT2D eigenvalue weighted by atomic mass is 9.91. The summed E-state index contributed by atoms with van der Waals surface area (Å²) < 4.78 is 5.44. The van der Waals surface area contributed by atoms with Gasteiger partial charge in [0, 0.05) is 13.2 Å². The van der Waals surface area contributed by atoms with Crippen molar-refractivity contribution in [2.24, 2.45) is 5.92 Å². The average molecular weight is 231 g/mol. The van der Waals surface area contributed by atoms with Crippen molar-refractivity contribution in [2.75, 3.05) is 20.3 Å². The van der Waals surface area contributed by atoms with E-state index in [0.29, 0.717) is 25.4 Å². The van der Waals surface area contributed by atoms with Crippen LogP contribution in [0.15, 0.2) is 0 Å². The first kappa shape index (κ1) is 15.4. The largest absolute Gasteiger partial charge is 0.480 e. The second-order valence-electron chi connectivity index (χ2n) is 4.56. The Morgan fingerprint density at radius 2 is 2.12 bits per heavy atom. The lowest BCUT2D eigenvalue weighted by Gasteiger charge is -2.27. The van der Waals surface area contributed by atoms with Crippen LogP contribution < -0.4 is 5.32 Å². The molecule has 0 heterocycles. The van der Waals surface area contributed by atoms with Gasteiger partial charge in [-0.25, -0.2) is 0 Å². The zero-order valence-corrected chi connectivity index (χ0v) is 10.9. The number of carboxylic acids is 1. The zero-order valence-electron chi connectivity index (χ0n) is 10.9. The predicted molar refractivity (Wildman–Crippen MR) is 64.6 cm³/mol. The van der Waals surface area contributed by atoms with Crippen LogP contribution in [-0.2, 0) is 9.53 Å². The number of aliphatic carboxylic acids is 1. The highest BCUT2D eigenvalue weighted by atomic mass is 16.5. The van der Waals surface area contributed by atoms with Crippen LogP contribution in [-0.4, -0.2) is 36.9 Å². The Hall–Kier alpha value is -0.610. The van der Waals surface area contributed by atoms with E-state index < -0.39 is 11.5 Å². The van der Waals surface area contributed by atoms with Gasteiger partial charge in [-0.2, -0.15) is 0 Å². The van der Waals surface area contributed by atoms with Crippen molar-refractivity contribution in [2.45, 2.75) is 45.6 Å². The fourth-order valence-corrected chi connectivity index (χ4v) is 1.64. The minimum atomic E-state index is -0.790. The molecule has 0 aliphatic heterocycles. The predicted octanol–water partition coefficient (Wildman–Crippen LogP) is 1.89. The number of rotatable bonds is 9. The van der Waals surface area contributed by atoms with Crippen molar-refractivity contribution in [3.8, 4) is 0 Å². The second-order valence-corrected chi connectivity index (χ2v) is 4.56. The Labute approximate surface area is 98.4 Å². The molecule has 0 aromatic carbocycles. The summed E-state index contributed by atoms with van der Waals surface area (Å²) in [5, 5.41) is 12.1. The first-order chi connectivity index (χ1) is 7.48. The molecular weight excluding hydrogens is 206 g/mol. The van der Waals surface area contributed by atoms with E-state index in [0.717, 1.165) is 13.0 Å². The summed E-state index contributed by atoms with van der Waals surface area (Å²) in [5.74, 6) is -0.249. The second kappa shape index (κ2) is 7.63. The molecule has 0 radical (unpaired) electrons. The van der Waals surface area contributed by atoms with Gasteiger partial charge < -0.3 is 15.2 Å². The van der Waals surface area contributed by atoms with Gasteiger partial charge in [-0.05, 0) is 32.2 Å². The van der Waals surface area contributed by atoms with Gasteiger partial charge in [0.15, 0.2) is 0 Å². The van der Waals surface area contributed by atoms with Crippen molar-refractivity contribution < 1.29 is 14.6 Å². The molecule has 16 heavy (non-hydrogen) atoms. The third-order valence-corrected chi connectivity index (χ3v) is 2.83. The van der Waals surface area contributed by atoms with E-state index in [1.807, 2.05) is 6.92 Å². The maximum atomic E-state index is 11.2. The Morgan fingerprint density at radius 3 is 2.50 bits per heavy atom. The lowest BCUT2D eigenvalue weighted by Crippen LogP contribution is -2.49. The van der Waals surface area contributed by atoms with Gasteiger partial charge in [-0.1, -0.05) is 20.8 Å². The number of likely N-dealkylation sites (N-methyl/N-ethyl adjacent to an activating group) is 1. The molecule has 0 spiro atoms. The lowest BCUT2D eigenvalue weighted by molar-refractivity contribution is -0.145. The Bertz CT molecular complexity index is 200. The Balaban J connectivity index is 3.90. The third kappa shape index (κ3) is 4.94. The fraction of sp³-hybridized carbons (Fsp3) is 0.917. The van der Waals surface area contributed by atoms with E-state index in [2.05, 4.69) is 19.2 Å². The number of hydrogen-bond donors (Lipinski definition) is 2. The number of carbonyl (C=O) groups is 1. The molecule has 0 saturated heterocycles. The van der Waals surface area contributed by atoms with Gasteiger partial charge in [-0.15, -0.1) is 0 Å². The molecule has 4 nitrogen and oxygen atoms in total. The standard InChI is InChI=1S/C12H25NO3/c1-5-12(13-4,11(14)15)7-6-8-16-9-10(2)3/h10,13H,5-9H2,1-4H3,(H,14,15). The van der Waals surface area contributed by atoms with Crippen molar-refractivity contribution >= 4 is 5.97 Å². The number of hydrogen-bond acceptors (Lipinski definition) is 3. The summed E-state index contributed by atoms with van der Waals surface area (Å²) in [4.78, 5) is 11.2. The smallest absolute Gasteiger partial charge is 0.323 e. The summed E-state index contributed by atoms with van der Waals surface area (Å²) in [5.41, 5.74) is -0.790. The monoisotopic (exact) mass is 231 g/mol. The Morgan fingerprint density at radius 1 is 1.50 bits per heavy atom. The van der Waals surface area contributed by atoms with Crippen LogP contribution in [0.4, 0.5) is 0 Å². The molecule has 0 saturated carbocycles. The molecule has 0 fully saturated rings. The average Bonchev–Trinajstić information content (AvgIpc) is 2.23. The van der Waals surface area contributed by atoms with Crippen molar-refractivity contribution in [1.82, 2.24) is 5.32 Å². The fourth-order valence-electron chi connectivity index (χ4n) is 1.64. The maximum absolute atomic E-state index is 11.2. The van der Waals surface area contributed by atoms with Crippen LogP contribution in [0.5, 0.6) is 0 Å². The summed E-state index contributed by atoms with van der Waals surface area (Å²) in [6, 6.07) is 0. The van der Waals surface area contributed by atoms with E-state index in [1.165, 1.54) is 0 Å². The number of carboxylic acid groups (broad SMARTS) is 1. The molecule has 1 atom stereocenters. The number of ether oxygens (including phenoxy) is 1. The molecule has 0 rings (SSSR count). The molecule has 2 N–H and O–H groups in total. The Kier molecular flexibility index (Phi) is 7.34. The minimum absolute atomic E-state index is 0.528. The highest BCUT2D eigenvalue weighted by Crippen LogP contribution is 2.17. The molecule has 0 aromatic rings. The molecule has 0 bridgehead atoms. The molecule has 96 valence electrons. The number of nitrogens with one attached hydrogen (secondary N) is 1. The van der Waals surface area contributed by atoms with E-state index in [4.69, 9.17) is 9.84 Å². The minimum Gasteiger partial charge on any atom is -0.480 e. The van der Waals surface area contributed by atoms with Crippen LogP contribution >= 0.6 is 0 Å². The maximum Gasteiger partial charge on any atom is 0.323 e. The van der Waals surface area contributed by atoms with Crippen LogP contribution in [0.1, 0.15) is 40.0 Å². The summed E-state index contributed by atoms with van der Waals surface area (Å²) in [6.07, 6.45) is 1.96. The summed E-state index contributed by atoms with van der Waals surface area (Å²) in [6.45, 7) is 7.46. The van der Waals surface area contributed by atoms with Gasteiger partial charge in [0.1, 0.15) is 5.54 Å². The van der Waals surface area contributed by atoms with Gasteiger partial charge in [0.05, 0.1) is 0 Å². The molecule has 0 aliphatic rings. The van der Waals surface area contributed by atoms with Gasteiger partial charge in [0.2, 0.25) is 0 Å². The third-order valence-electron chi connectivity index (χ3n) is 2.83. The van der Waals surface area contributed by atoms with E-state index in [-0.39, 0.29) is 0 Å². The molecule has 4 heteroatoms. The first-order valence-corrected chi connectivity index (χ1v) is 5.98. The first-order valence-electron chi connectivity index (χ1n) is 5.98. The highest BCUT2D eigenvalue weighted by molar-refractivity contribution is 5.78. The normalized spacial score (nSPS) is 15.1. The van der Waals surface area contributed by atoms with Crippen molar-refractivity contribution in [3.05, 3.63) is 0 Å². The van der Waals surface area contributed by atoms with Gasteiger partial charge >= 0.3 is 5.97 Å². The molecule has 0 amide bonds. The molecular formula is C12H25NO3. The van der Waals surface area contributed by atoms with Crippen molar-refractivity contribution in [1.29, 1.82) is 0 Å². The zero-order chi connectivity index (χ0) is 12.6. The van der Waals surface area contributed by atoms with Crippen LogP contribution in [0, 0.1) is 5.92 Å². The quantitative estimate of drug-likeness (QED) is 0.595. The van der Waals surface area contributed by atoms with E-state index in [9.17, 15) is 4.79 Å². The van der Waals surface area contributed by atoms with E-state index in [1.54, 1.807) is 7.05 Å². The summed E-state index contributed by atoms with van der Waals surface area (Å²) in [7, 11) is 1.70. The van der Waals surface area contributed by atoms with Crippen LogP contribution in [0.3, 0.4) is 0 Å². The van der Waals surface area contributed by atoms with Crippen LogP contribution in [0.25, 0.3) is 0 Å². The van der Waals surface area contributed by atoms with Gasteiger partial charge in [-0.3, -0.25) is 4.79 Å².